The van der Waals surface area contributed by atoms with Crippen molar-refractivity contribution in [3.63, 3.8) is 0 Å². The Morgan fingerprint density at radius 1 is 1.18 bits per heavy atom. The Balaban J connectivity index is 2.33. The van der Waals surface area contributed by atoms with E-state index < -0.39 is 11.0 Å². The number of nitriles is 1. The lowest BCUT2D eigenvalue weighted by Gasteiger charge is -2.46. The molecule has 2 nitrogen and oxygen atoms in total. The molecule has 2 fully saturated rings. The van der Waals surface area contributed by atoms with Gasteiger partial charge in [0.1, 0.15) is 0 Å². The van der Waals surface area contributed by atoms with Crippen molar-refractivity contribution in [1.82, 2.24) is 0 Å². The highest BCUT2D eigenvalue weighted by Crippen LogP contribution is 2.58. The molecule has 0 heterocycles. The van der Waals surface area contributed by atoms with Gasteiger partial charge in [-0.05, 0) is 37.0 Å². The minimum absolute atomic E-state index is 0.176. The van der Waals surface area contributed by atoms with Crippen LogP contribution in [0.15, 0.2) is 0 Å². The maximum absolute atomic E-state index is 11.1. The smallest absolute Gasteiger partial charge is 0.0863 e. The first-order valence-electron chi connectivity index (χ1n) is 6.99. The lowest BCUT2D eigenvalue weighted by atomic mass is 9.60. The van der Waals surface area contributed by atoms with E-state index in [4.69, 9.17) is 0 Å². The Morgan fingerprint density at radius 2 is 1.76 bits per heavy atom. The highest BCUT2D eigenvalue weighted by Gasteiger charge is 2.59. The Bertz CT molecular complexity index is 335. The van der Waals surface area contributed by atoms with Crippen molar-refractivity contribution in [2.45, 2.75) is 71.3 Å². The predicted molar refractivity (Wildman–Crippen MR) is 68.3 cm³/mol. The number of hydrogen-bond acceptors (Lipinski definition) is 2. The fourth-order valence-corrected chi connectivity index (χ4v) is 4.41. The largest absolute Gasteiger partial charge is 0.388 e. The molecular formula is C15H25NO. The van der Waals surface area contributed by atoms with Crippen LogP contribution in [0.2, 0.25) is 0 Å². The van der Waals surface area contributed by atoms with Crippen LogP contribution in [0.25, 0.3) is 0 Å². The van der Waals surface area contributed by atoms with Gasteiger partial charge in [0, 0.05) is 0 Å². The van der Waals surface area contributed by atoms with Crippen molar-refractivity contribution in [2.75, 3.05) is 0 Å². The maximum Gasteiger partial charge on any atom is 0.0863 e. The van der Waals surface area contributed by atoms with Gasteiger partial charge in [-0.3, -0.25) is 0 Å². The lowest BCUT2D eigenvalue weighted by molar-refractivity contribution is -0.0994. The van der Waals surface area contributed by atoms with E-state index in [1.54, 1.807) is 0 Å². The van der Waals surface area contributed by atoms with Crippen molar-refractivity contribution >= 4 is 0 Å². The Morgan fingerprint density at radius 3 is 2.18 bits per heavy atom. The average molecular weight is 235 g/mol. The summed E-state index contributed by atoms with van der Waals surface area (Å²) >= 11 is 0. The van der Waals surface area contributed by atoms with Crippen LogP contribution < -0.4 is 0 Å². The summed E-state index contributed by atoms with van der Waals surface area (Å²) in [4.78, 5) is 0. The second-order valence-corrected chi connectivity index (χ2v) is 7.12. The van der Waals surface area contributed by atoms with Gasteiger partial charge in [-0.1, -0.05) is 40.0 Å². The van der Waals surface area contributed by atoms with Gasteiger partial charge in [0.05, 0.1) is 17.1 Å². The average Bonchev–Trinajstić information content (AvgIpc) is 2.49. The maximum atomic E-state index is 11.1. The van der Waals surface area contributed by atoms with Crippen LogP contribution in [0.3, 0.4) is 0 Å². The van der Waals surface area contributed by atoms with E-state index in [1.165, 1.54) is 6.42 Å². The first kappa shape index (κ1) is 12.9. The van der Waals surface area contributed by atoms with E-state index in [2.05, 4.69) is 26.8 Å². The van der Waals surface area contributed by atoms with Gasteiger partial charge < -0.3 is 5.11 Å². The summed E-state index contributed by atoms with van der Waals surface area (Å²) in [5.74, 6) is 0.246. The Labute approximate surface area is 105 Å². The summed E-state index contributed by atoms with van der Waals surface area (Å²) in [6.45, 7) is 6.56. The molecule has 0 bridgehead atoms. The van der Waals surface area contributed by atoms with E-state index in [0.29, 0.717) is 0 Å². The summed E-state index contributed by atoms with van der Waals surface area (Å²) in [5, 5.41) is 20.8. The molecule has 2 atom stereocenters. The van der Waals surface area contributed by atoms with E-state index in [0.717, 1.165) is 38.5 Å². The molecule has 0 saturated heterocycles. The molecule has 0 aromatic rings. The van der Waals surface area contributed by atoms with Gasteiger partial charge >= 0.3 is 0 Å². The van der Waals surface area contributed by atoms with E-state index in [-0.39, 0.29) is 11.3 Å². The third-order valence-corrected chi connectivity index (χ3v) is 5.17. The highest BCUT2D eigenvalue weighted by atomic mass is 16.3. The summed E-state index contributed by atoms with van der Waals surface area (Å²) in [5.41, 5.74) is -1.06. The van der Waals surface area contributed by atoms with E-state index in [9.17, 15) is 10.4 Å². The fourth-order valence-electron chi connectivity index (χ4n) is 4.41. The SMILES string of the molecule is CC1CC(C)(C)CC1(O)C1(C#N)CCCCC1. The minimum Gasteiger partial charge on any atom is -0.388 e. The van der Waals surface area contributed by atoms with Gasteiger partial charge in [0.25, 0.3) is 0 Å². The number of nitrogens with zero attached hydrogens (tertiary/aromatic N) is 1. The summed E-state index contributed by atoms with van der Waals surface area (Å²) < 4.78 is 0. The zero-order valence-corrected chi connectivity index (χ0v) is 11.4. The molecule has 96 valence electrons. The van der Waals surface area contributed by atoms with Crippen LogP contribution in [0, 0.1) is 28.1 Å². The molecule has 2 aliphatic carbocycles. The van der Waals surface area contributed by atoms with E-state index >= 15 is 0 Å². The molecule has 0 aliphatic heterocycles. The molecule has 1 N–H and O–H groups in total. The predicted octanol–water partition coefficient (Wildman–Crippen LogP) is 3.65. The van der Waals surface area contributed by atoms with Crippen molar-refractivity contribution in [3.05, 3.63) is 0 Å². The minimum atomic E-state index is -0.758. The van der Waals surface area contributed by atoms with Crippen LogP contribution in [-0.2, 0) is 0 Å². The van der Waals surface area contributed by atoms with Crippen molar-refractivity contribution < 1.29 is 5.11 Å². The van der Waals surface area contributed by atoms with Crippen LogP contribution in [0.4, 0.5) is 0 Å². The van der Waals surface area contributed by atoms with Crippen LogP contribution in [0.1, 0.15) is 65.7 Å². The summed E-state index contributed by atoms with van der Waals surface area (Å²) in [6, 6.07) is 2.52. The second kappa shape index (κ2) is 3.99. The quantitative estimate of drug-likeness (QED) is 0.754. The zero-order valence-electron chi connectivity index (χ0n) is 11.4. The fraction of sp³-hybridized carbons (Fsp3) is 0.933. The van der Waals surface area contributed by atoms with Gasteiger partial charge in [0.2, 0.25) is 0 Å². The number of rotatable bonds is 1. The topological polar surface area (TPSA) is 44.0 Å². The Hall–Kier alpha value is -0.550. The molecule has 0 aromatic carbocycles. The van der Waals surface area contributed by atoms with Gasteiger partial charge in [-0.25, -0.2) is 0 Å². The van der Waals surface area contributed by atoms with Gasteiger partial charge in [-0.15, -0.1) is 0 Å². The van der Waals surface area contributed by atoms with E-state index in [1.807, 2.05) is 0 Å². The standard InChI is InChI=1S/C15H25NO/c1-12-9-13(2,3)10-15(12,17)14(11-16)7-5-4-6-8-14/h12,17H,4-10H2,1-3H3. The first-order valence-corrected chi connectivity index (χ1v) is 6.99. The molecule has 2 saturated carbocycles. The number of hydrogen-bond donors (Lipinski definition) is 1. The molecule has 0 radical (unpaired) electrons. The molecule has 2 heteroatoms. The van der Waals surface area contributed by atoms with Crippen molar-refractivity contribution in [2.24, 2.45) is 16.7 Å². The van der Waals surface area contributed by atoms with Crippen LogP contribution in [-0.4, -0.2) is 10.7 Å². The van der Waals surface area contributed by atoms with Gasteiger partial charge in [-0.2, -0.15) is 5.26 Å². The molecule has 17 heavy (non-hydrogen) atoms. The summed E-state index contributed by atoms with van der Waals surface area (Å²) in [6.07, 6.45) is 7.02. The third-order valence-electron chi connectivity index (χ3n) is 5.17. The summed E-state index contributed by atoms with van der Waals surface area (Å²) in [7, 11) is 0. The van der Waals surface area contributed by atoms with Crippen LogP contribution >= 0.6 is 0 Å². The van der Waals surface area contributed by atoms with Crippen molar-refractivity contribution in [1.29, 1.82) is 5.26 Å². The lowest BCUT2D eigenvalue weighted by Crippen LogP contribution is -2.51. The normalized spacial score (nSPS) is 39.8. The first-order chi connectivity index (χ1) is 7.85. The number of aliphatic hydroxyl groups is 1. The highest BCUT2D eigenvalue weighted by molar-refractivity contribution is 5.18. The molecule has 2 aliphatic rings. The monoisotopic (exact) mass is 235 g/mol. The molecule has 0 aromatic heterocycles. The molecule has 0 amide bonds. The third kappa shape index (κ3) is 1.89. The van der Waals surface area contributed by atoms with Crippen molar-refractivity contribution in [3.8, 4) is 6.07 Å². The second-order valence-electron chi connectivity index (χ2n) is 7.12. The Kier molecular flexibility index (Phi) is 3.02. The van der Waals surface area contributed by atoms with Crippen LogP contribution in [0.5, 0.6) is 0 Å². The molecule has 0 spiro atoms. The molecular weight excluding hydrogens is 210 g/mol. The molecule has 2 unspecified atom stereocenters. The molecule has 2 rings (SSSR count). The zero-order chi connectivity index (χ0) is 12.7. The van der Waals surface area contributed by atoms with Gasteiger partial charge in [0.15, 0.2) is 0 Å².